The summed E-state index contributed by atoms with van der Waals surface area (Å²) in [5.74, 6) is -5.58. The molecule has 14 nitrogen and oxygen atoms in total. The third kappa shape index (κ3) is 16.0. The van der Waals surface area contributed by atoms with Gasteiger partial charge >= 0.3 is 29.8 Å². The number of esters is 5. The Balaban J connectivity index is 2.68. The average molecular weight is 825 g/mol. The van der Waals surface area contributed by atoms with Gasteiger partial charge in [-0.25, -0.2) is 4.79 Å². The molecule has 0 unspecified atom stereocenters. The highest BCUT2D eigenvalue weighted by Gasteiger charge is 2.52. The van der Waals surface area contributed by atoms with E-state index in [1.54, 1.807) is 26.8 Å². The molecule has 12 atom stereocenters. The molecule has 2 aliphatic rings. The van der Waals surface area contributed by atoms with E-state index in [-0.39, 0.29) is 61.3 Å². The maximum Gasteiger partial charge on any atom is 0.333 e. The molecule has 1 spiro atoms. The molecule has 2 aliphatic heterocycles. The van der Waals surface area contributed by atoms with Gasteiger partial charge < -0.3 is 38.3 Å². The van der Waals surface area contributed by atoms with Gasteiger partial charge in [-0.3, -0.25) is 24.0 Å². The third-order valence-corrected chi connectivity index (χ3v) is 10.8. The molecule has 0 aliphatic carbocycles. The van der Waals surface area contributed by atoms with Gasteiger partial charge in [0.05, 0.1) is 19.3 Å². The second kappa shape index (κ2) is 23.4. The van der Waals surface area contributed by atoms with Crippen LogP contribution in [-0.4, -0.2) is 96.4 Å². The number of methoxy groups -OCH3 is 1. The van der Waals surface area contributed by atoms with Crippen LogP contribution < -0.4 is 0 Å². The Labute approximate surface area is 345 Å². The number of hydrogen-bond donors (Lipinski definition) is 1. The van der Waals surface area contributed by atoms with Crippen LogP contribution in [0.2, 0.25) is 0 Å². The predicted octanol–water partition coefficient (Wildman–Crippen LogP) is 6.60. The Morgan fingerprint density at radius 1 is 0.759 bits per heavy atom. The van der Waals surface area contributed by atoms with E-state index in [0.717, 1.165) is 0 Å². The lowest BCUT2D eigenvalue weighted by Gasteiger charge is -2.51. The Hall–Kier alpha value is -3.36. The summed E-state index contributed by atoms with van der Waals surface area (Å²) in [5, 5.41) is 10.8. The summed E-state index contributed by atoms with van der Waals surface area (Å²) in [6.45, 7) is 21.0. The Morgan fingerprint density at radius 2 is 1.28 bits per heavy atom. The zero-order valence-corrected chi connectivity index (χ0v) is 37.2. The van der Waals surface area contributed by atoms with Crippen molar-refractivity contribution >= 4 is 35.6 Å². The number of ether oxygens (including phenoxy) is 7. The summed E-state index contributed by atoms with van der Waals surface area (Å²) in [6, 6.07) is 0. The van der Waals surface area contributed by atoms with Crippen molar-refractivity contribution in [3.05, 3.63) is 11.6 Å². The van der Waals surface area contributed by atoms with E-state index in [9.17, 15) is 33.9 Å². The molecule has 58 heavy (non-hydrogen) atoms. The summed E-state index contributed by atoms with van der Waals surface area (Å²) in [5.41, 5.74) is 0.286. The minimum absolute atomic E-state index is 0.00378. The van der Waals surface area contributed by atoms with Gasteiger partial charge in [0.25, 0.3) is 0 Å². The van der Waals surface area contributed by atoms with Crippen molar-refractivity contribution in [1.82, 2.24) is 0 Å². The van der Waals surface area contributed by atoms with Crippen molar-refractivity contribution in [2.45, 2.75) is 189 Å². The van der Waals surface area contributed by atoms with Crippen LogP contribution in [0.1, 0.15) is 141 Å². The van der Waals surface area contributed by atoms with Crippen molar-refractivity contribution in [1.29, 1.82) is 0 Å². The smallest absolute Gasteiger partial charge is 0.333 e. The van der Waals surface area contributed by atoms with Crippen molar-refractivity contribution in [3.63, 3.8) is 0 Å². The lowest BCUT2D eigenvalue weighted by Crippen LogP contribution is -2.57. The summed E-state index contributed by atoms with van der Waals surface area (Å²) in [6.07, 6.45) is -2.91. The molecule has 0 aromatic rings. The topological polar surface area (TPSA) is 187 Å². The molecule has 0 amide bonds. The van der Waals surface area contributed by atoms with Crippen LogP contribution >= 0.6 is 0 Å². The van der Waals surface area contributed by atoms with E-state index in [2.05, 4.69) is 6.92 Å². The molecule has 0 bridgehead atoms. The Morgan fingerprint density at radius 3 is 1.78 bits per heavy atom. The van der Waals surface area contributed by atoms with E-state index in [1.165, 1.54) is 21.0 Å². The minimum Gasteiger partial charge on any atom is -0.466 e. The molecular weight excluding hydrogens is 752 g/mol. The molecule has 2 fully saturated rings. The number of Topliss-reactive ketones (excluding diaryl/α,β-unsaturated/α-hetero) is 1. The number of carbonyl (C=O) groups excluding carboxylic acids is 6. The lowest BCUT2D eigenvalue weighted by molar-refractivity contribution is -0.347. The lowest BCUT2D eigenvalue weighted by atomic mass is 9.79. The first-order chi connectivity index (χ1) is 27.0. The standard InChI is InChI=1S/C44H72O14/c1-14-37(47)54-33(16-15-28(8)43(51)52-13)30(10)42(53-32(12)46)35(55-38(48)17-24(2)3)21-29(9)41(56-39(49)18-25(4)5)36-20-27(7)23-44(58-36)22-26(6)19-34(57-44)40(50)31(11)45/h15,24-27,29-30,33-36,40-42,50H,14,16-23H2,1-13H3/b28-15-/t26-,27+,29+,30+,33+,34+,35-,36+,40-,41+,42-,44+/m1/s1. The van der Waals surface area contributed by atoms with E-state index in [1.807, 2.05) is 41.5 Å². The molecule has 0 saturated carbocycles. The summed E-state index contributed by atoms with van der Waals surface area (Å²) in [4.78, 5) is 77.0. The largest absolute Gasteiger partial charge is 0.466 e. The predicted molar refractivity (Wildman–Crippen MR) is 214 cm³/mol. The van der Waals surface area contributed by atoms with Crippen LogP contribution in [-0.2, 0) is 61.9 Å². The van der Waals surface area contributed by atoms with Gasteiger partial charge in [0.2, 0.25) is 0 Å². The molecular formula is C44H72O14. The monoisotopic (exact) mass is 824 g/mol. The fourth-order valence-corrected chi connectivity index (χ4v) is 8.11. The number of aliphatic hydroxyl groups is 1. The van der Waals surface area contributed by atoms with Crippen LogP contribution in [0.5, 0.6) is 0 Å². The van der Waals surface area contributed by atoms with Crippen molar-refractivity contribution in [2.24, 2.45) is 35.5 Å². The third-order valence-electron chi connectivity index (χ3n) is 10.8. The van der Waals surface area contributed by atoms with E-state index in [4.69, 9.17) is 33.2 Å². The molecule has 0 aromatic carbocycles. The second-order valence-electron chi connectivity index (χ2n) is 17.7. The van der Waals surface area contributed by atoms with Crippen molar-refractivity contribution < 1.29 is 67.0 Å². The molecule has 0 radical (unpaired) electrons. The number of ketones is 1. The van der Waals surface area contributed by atoms with Gasteiger partial charge in [0, 0.05) is 56.9 Å². The first-order valence-corrected chi connectivity index (χ1v) is 21.1. The van der Waals surface area contributed by atoms with Gasteiger partial charge in [-0.2, -0.15) is 0 Å². The highest BCUT2D eigenvalue weighted by molar-refractivity contribution is 5.87. The number of hydrogen-bond acceptors (Lipinski definition) is 14. The van der Waals surface area contributed by atoms with Gasteiger partial charge in [-0.1, -0.05) is 68.4 Å². The average Bonchev–Trinajstić information content (AvgIpc) is 3.11. The number of carbonyl (C=O) groups is 6. The minimum atomic E-state index is -1.32. The fourth-order valence-electron chi connectivity index (χ4n) is 8.11. The second-order valence-corrected chi connectivity index (χ2v) is 17.7. The van der Waals surface area contributed by atoms with Crippen LogP contribution in [0.25, 0.3) is 0 Å². The van der Waals surface area contributed by atoms with Gasteiger partial charge in [-0.05, 0) is 62.7 Å². The SMILES string of the molecule is CCC(=O)O[C@@H](C/C=C(/C)C(=O)OC)[C@H](C)[C@@H](OC(C)=O)[C@@H](C[C@H](C)[C@H](OC(=O)CC(C)C)[C@@H]1C[C@H](C)C[C@]2(C[C@H](C)C[C@@H]([C@H](O)C(C)=O)O2)O1)OC(=O)CC(C)C. The first kappa shape index (κ1) is 50.8. The quantitative estimate of drug-likeness (QED) is 0.0741. The molecule has 2 saturated heterocycles. The summed E-state index contributed by atoms with van der Waals surface area (Å²) in [7, 11) is 1.26. The fraction of sp³-hybridized carbons (Fsp3) is 0.818. The highest BCUT2D eigenvalue weighted by Crippen LogP contribution is 2.46. The maximum atomic E-state index is 13.5. The van der Waals surface area contributed by atoms with E-state index >= 15 is 0 Å². The molecule has 14 heteroatoms. The Bertz CT molecular complexity index is 1420. The number of aliphatic hydroxyl groups excluding tert-OH is 1. The van der Waals surface area contributed by atoms with E-state index < -0.39 is 96.0 Å². The maximum absolute atomic E-state index is 13.5. The van der Waals surface area contributed by atoms with Crippen LogP contribution in [0.4, 0.5) is 0 Å². The molecule has 2 heterocycles. The van der Waals surface area contributed by atoms with Crippen LogP contribution in [0.15, 0.2) is 11.6 Å². The van der Waals surface area contributed by atoms with Crippen molar-refractivity contribution in [2.75, 3.05) is 7.11 Å². The summed E-state index contributed by atoms with van der Waals surface area (Å²) >= 11 is 0. The summed E-state index contributed by atoms with van der Waals surface area (Å²) < 4.78 is 42.5. The number of rotatable bonds is 21. The highest BCUT2D eigenvalue weighted by atomic mass is 16.7. The first-order valence-electron chi connectivity index (χ1n) is 21.1. The molecule has 0 aromatic heterocycles. The van der Waals surface area contributed by atoms with Gasteiger partial charge in [0.1, 0.15) is 30.5 Å². The van der Waals surface area contributed by atoms with Gasteiger partial charge in [-0.15, -0.1) is 0 Å². The van der Waals surface area contributed by atoms with Crippen LogP contribution in [0.3, 0.4) is 0 Å². The zero-order valence-electron chi connectivity index (χ0n) is 37.2. The van der Waals surface area contributed by atoms with E-state index in [0.29, 0.717) is 25.7 Å². The van der Waals surface area contributed by atoms with Gasteiger partial charge in [0.15, 0.2) is 11.6 Å². The normalized spacial score (nSPS) is 26.1. The van der Waals surface area contributed by atoms with Crippen molar-refractivity contribution in [3.8, 4) is 0 Å². The molecule has 2 rings (SSSR count). The Kier molecular flexibility index (Phi) is 20.5. The zero-order chi connectivity index (χ0) is 44.1. The molecule has 332 valence electrons. The molecule has 1 N–H and O–H groups in total. The van der Waals surface area contributed by atoms with Crippen LogP contribution in [0, 0.1) is 35.5 Å².